The lowest BCUT2D eigenvalue weighted by atomic mass is 10.2. The Bertz CT molecular complexity index is 834. The molecule has 0 bridgehead atoms. The molecule has 0 saturated heterocycles. The average molecular weight is 353 g/mol. The van der Waals surface area contributed by atoms with Gasteiger partial charge in [0, 0.05) is 11.4 Å². The maximum absolute atomic E-state index is 12.3. The highest BCUT2D eigenvalue weighted by Crippen LogP contribution is 2.26. The minimum Gasteiger partial charge on any atom is -0.352 e. The number of carbonyl (C=O) groups is 1. The number of amides is 1. The van der Waals surface area contributed by atoms with Crippen LogP contribution in [-0.2, 0) is 5.75 Å². The van der Waals surface area contributed by atoms with Crippen LogP contribution in [-0.4, -0.2) is 32.7 Å². The quantitative estimate of drug-likeness (QED) is 0.661. The summed E-state index contributed by atoms with van der Waals surface area (Å²) in [6, 6.07) is 17.3. The first-order valence-electron chi connectivity index (χ1n) is 8.12. The molecule has 2 aromatic carbocycles. The molecule has 3 rings (SSSR count). The molecule has 0 unspecified atom stereocenters. The lowest BCUT2D eigenvalue weighted by Crippen LogP contribution is -2.24. The minimum absolute atomic E-state index is 0.0485. The molecule has 0 atom stereocenters. The van der Waals surface area contributed by atoms with Crippen molar-refractivity contribution >= 4 is 17.7 Å². The predicted molar refractivity (Wildman–Crippen MR) is 97.8 cm³/mol. The standard InChI is InChI=1S/C18H19N5OS/c1-2-12-19-18(24)15-10-6-7-11-16(15)25-13-17-20-21-22-23(17)14-8-4-3-5-9-14/h3-11H,2,12-13H2,1H3,(H,19,24). The number of carbonyl (C=O) groups excluding carboxylic acids is 1. The van der Waals surface area contributed by atoms with Crippen molar-refractivity contribution in [2.45, 2.75) is 24.0 Å². The predicted octanol–water partition coefficient (Wildman–Crippen LogP) is 3.09. The van der Waals surface area contributed by atoms with Crippen LogP contribution in [0.15, 0.2) is 59.5 Å². The average Bonchev–Trinajstić information content (AvgIpc) is 3.14. The molecule has 0 aliphatic rings. The smallest absolute Gasteiger partial charge is 0.252 e. The summed E-state index contributed by atoms with van der Waals surface area (Å²) in [5.74, 6) is 1.26. The zero-order valence-corrected chi connectivity index (χ0v) is 14.7. The van der Waals surface area contributed by atoms with Crippen LogP contribution < -0.4 is 5.32 Å². The number of para-hydroxylation sites is 1. The maximum atomic E-state index is 12.3. The summed E-state index contributed by atoms with van der Waals surface area (Å²) in [5.41, 5.74) is 1.59. The first-order valence-corrected chi connectivity index (χ1v) is 9.11. The van der Waals surface area contributed by atoms with E-state index in [4.69, 9.17) is 0 Å². The van der Waals surface area contributed by atoms with Crippen molar-refractivity contribution in [3.63, 3.8) is 0 Å². The Morgan fingerprint density at radius 3 is 2.68 bits per heavy atom. The molecular weight excluding hydrogens is 334 g/mol. The second-order valence-electron chi connectivity index (χ2n) is 5.38. The number of hydrogen-bond acceptors (Lipinski definition) is 5. The molecule has 1 aromatic heterocycles. The van der Waals surface area contributed by atoms with E-state index in [9.17, 15) is 4.79 Å². The van der Waals surface area contributed by atoms with E-state index in [0.717, 1.165) is 22.8 Å². The third-order valence-electron chi connectivity index (χ3n) is 3.56. The second-order valence-corrected chi connectivity index (χ2v) is 6.40. The normalized spacial score (nSPS) is 10.6. The summed E-state index contributed by atoms with van der Waals surface area (Å²) < 4.78 is 1.72. The van der Waals surface area contributed by atoms with Gasteiger partial charge in [-0.25, -0.2) is 0 Å². The van der Waals surface area contributed by atoms with Crippen LogP contribution in [0.2, 0.25) is 0 Å². The molecule has 0 saturated carbocycles. The summed E-state index contributed by atoms with van der Waals surface area (Å²) in [6.45, 7) is 2.70. The number of thioether (sulfide) groups is 1. The minimum atomic E-state index is -0.0485. The van der Waals surface area contributed by atoms with Gasteiger partial charge in [0.25, 0.3) is 5.91 Å². The fourth-order valence-corrected chi connectivity index (χ4v) is 3.28. The number of benzene rings is 2. The monoisotopic (exact) mass is 353 g/mol. The molecule has 1 N–H and O–H groups in total. The molecule has 0 radical (unpaired) electrons. The van der Waals surface area contributed by atoms with E-state index < -0.39 is 0 Å². The number of hydrogen-bond donors (Lipinski definition) is 1. The van der Waals surface area contributed by atoms with Gasteiger partial charge in [0.05, 0.1) is 17.0 Å². The van der Waals surface area contributed by atoms with Gasteiger partial charge in [0.15, 0.2) is 5.82 Å². The summed E-state index contributed by atoms with van der Waals surface area (Å²) in [5, 5.41) is 14.9. The fraction of sp³-hybridized carbons (Fsp3) is 0.222. The van der Waals surface area contributed by atoms with E-state index in [-0.39, 0.29) is 5.91 Å². The van der Waals surface area contributed by atoms with E-state index in [1.54, 1.807) is 16.4 Å². The Kier molecular flexibility index (Phi) is 5.79. The van der Waals surface area contributed by atoms with Crippen molar-refractivity contribution in [3.8, 4) is 5.69 Å². The summed E-state index contributed by atoms with van der Waals surface area (Å²) in [6.07, 6.45) is 0.910. The number of rotatable bonds is 7. The van der Waals surface area contributed by atoms with Gasteiger partial charge >= 0.3 is 0 Å². The van der Waals surface area contributed by atoms with Crippen LogP contribution in [0.4, 0.5) is 0 Å². The SMILES string of the molecule is CCCNC(=O)c1ccccc1SCc1nnnn1-c1ccccc1. The van der Waals surface area contributed by atoms with Crippen LogP contribution in [0.5, 0.6) is 0 Å². The fourth-order valence-electron chi connectivity index (χ4n) is 2.32. The van der Waals surface area contributed by atoms with Crippen LogP contribution in [0.3, 0.4) is 0 Å². The third-order valence-corrected chi connectivity index (χ3v) is 4.63. The Hall–Kier alpha value is -2.67. The Balaban J connectivity index is 1.75. The second kappa shape index (κ2) is 8.43. The van der Waals surface area contributed by atoms with Crippen LogP contribution in [0.1, 0.15) is 29.5 Å². The van der Waals surface area contributed by atoms with E-state index in [1.165, 1.54) is 0 Å². The van der Waals surface area contributed by atoms with Crippen molar-refractivity contribution in [3.05, 3.63) is 66.0 Å². The molecule has 3 aromatic rings. The zero-order chi connectivity index (χ0) is 17.5. The first kappa shape index (κ1) is 17.2. The molecule has 1 heterocycles. The van der Waals surface area contributed by atoms with Gasteiger partial charge < -0.3 is 5.32 Å². The molecule has 0 spiro atoms. The molecule has 128 valence electrons. The van der Waals surface area contributed by atoms with Crippen molar-refractivity contribution in [2.75, 3.05) is 6.54 Å². The van der Waals surface area contributed by atoms with Gasteiger partial charge in [-0.15, -0.1) is 16.9 Å². The summed E-state index contributed by atoms with van der Waals surface area (Å²) in [4.78, 5) is 13.2. The lowest BCUT2D eigenvalue weighted by Gasteiger charge is -2.09. The zero-order valence-electron chi connectivity index (χ0n) is 13.9. The highest BCUT2D eigenvalue weighted by Gasteiger charge is 2.13. The topological polar surface area (TPSA) is 72.7 Å². The Morgan fingerprint density at radius 2 is 1.88 bits per heavy atom. The largest absolute Gasteiger partial charge is 0.352 e. The summed E-state index contributed by atoms with van der Waals surface area (Å²) in [7, 11) is 0. The highest BCUT2D eigenvalue weighted by atomic mass is 32.2. The molecule has 6 nitrogen and oxygen atoms in total. The number of nitrogens with zero attached hydrogens (tertiary/aromatic N) is 4. The third kappa shape index (κ3) is 4.24. The number of tetrazole rings is 1. The van der Waals surface area contributed by atoms with Gasteiger partial charge in [-0.05, 0) is 41.1 Å². The van der Waals surface area contributed by atoms with E-state index in [1.807, 2.05) is 61.5 Å². The Morgan fingerprint density at radius 1 is 1.12 bits per heavy atom. The maximum Gasteiger partial charge on any atom is 0.252 e. The molecular formula is C18H19N5OS. The van der Waals surface area contributed by atoms with Gasteiger partial charge in [0.2, 0.25) is 0 Å². The van der Waals surface area contributed by atoms with Crippen molar-refractivity contribution in [2.24, 2.45) is 0 Å². The molecule has 25 heavy (non-hydrogen) atoms. The van der Waals surface area contributed by atoms with E-state index in [2.05, 4.69) is 20.8 Å². The highest BCUT2D eigenvalue weighted by molar-refractivity contribution is 7.98. The number of nitrogens with one attached hydrogen (secondary N) is 1. The van der Waals surface area contributed by atoms with Crippen LogP contribution in [0.25, 0.3) is 5.69 Å². The van der Waals surface area contributed by atoms with Crippen molar-refractivity contribution in [1.29, 1.82) is 0 Å². The summed E-state index contributed by atoms with van der Waals surface area (Å²) >= 11 is 1.55. The van der Waals surface area contributed by atoms with Crippen LogP contribution in [0, 0.1) is 0 Å². The van der Waals surface area contributed by atoms with Gasteiger partial charge in [-0.3, -0.25) is 4.79 Å². The molecule has 0 aliphatic heterocycles. The first-order chi connectivity index (χ1) is 12.3. The van der Waals surface area contributed by atoms with Crippen molar-refractivity contribution in [1.82, 2.24) is 25.5 Å². The van der Waals surface area contributed by atoms with Gasteiger partial charge in [-0.2, -0.15) is 4.68 Å². The van der Waals surface area contributed by atoms with E-state index >= 15 is 0 Å². The lowest BCUT2D eigenvalue weighted by molar-refractivity contribution is 0.0950. The van der Waals surface area contributed by atoms with Crippen LogP contribution >= 0.6 is 11.8 Å². The van der Waals surface area contributed by atoms with Gasteiger partial charge in [-0.1, -0.05) is 37.3 Å². The Labute approximate surface area is 150 Å². The molecule has 0 fully saturated rings. The number of aromatic nitrogens is 4. The molecule has 7 heteroatoms. The molecule has 1 amide bonds. The van der Waals surface area contributed by atoms with Gasteiger partial charge in [0.1, 0.15) is 0 Å². The van der Waals surface area contributed by atoms with E-state index in [0.29, 0.717) is 17.9 Å². The van der Waals surface area contributed by atoms with Crippen molar-refractivity contribution < 1.29 is 4.79 Å². The molecule has 0 aliphatic carbocycles.